The van der Waals surface area contributed by atoms with Crippen LogP contribution >= 0.6 is 15.9 Å². The van der Waals surface area contributed by atoms with Gasteiger partial charge in [-0.1, -0.05) is 0 Å². The Labute approximate surface area is 79.1 Å². The van der Waals surface area contributed by atoms with Crippen LogP contribution in [0, 0.1) is 0 Å². The number of rotatable bonds is 2. The van der Waals surface area contributed by atoms with Crippen molar-refractivity contribution in [2.45, 2.75) is 6.61 Å². The molecule has 0 aliphatic rings. The van der Waals surface area contributed by atoms with E-state index >= 15 is 0 Å². The molecule has 0 N–H and O–H groups in total. The fourth-order valence-corrected chi connectivity index (χ4v) is 1.58. The zero-order valence-electron chi connectivity index (χ0n) is 7.00. The molecule has 0 saturated heterocycles. The summed E-state index contributed by atoms with van der Waals surface area (Å²) in [6, 6.07) is 1.77. The standard InChI is InChI=1S/C8H10BrNO2/c1-10-4-7(9)3-6(5-12-2)8(10)11/h3-4H,5H2,1-2H3. The first-order valence-corrected chi connectivity index (χ1v) is 4.28. The zero-order chi connectivity index (χ0) is 9.14. The van der Waals surface area contributed by atoms with Gasteiger partial charge in [0.05, 0.1) is 6.61 Å². The number of aryl methyl sites for hydroxylation is 1. The van der Waals surface area contributed by atoms with Crippen LogP contribution < -0.4 is 5.56 Å². The average molecular weight is 232 g/mol. The van der Waals surface area contributed by atoms with Gasteiger partial charge in [0.1, 0.15) is 0 Å². The summed E-state index contributed by atoms with van der Waals surface area (Å²) in [7, 11) is 3.28. The number of pyridine rings is 1. The third-order valence-electron chi connectivity index (χ3n) is 1.52. The lowest BCUT2D eigenvalue weighted by Gasteiger charge is -2.02. The van der Waals surface area contributed by atoms with Crippen LogP contribution in [0.3, 0.4) is 0 Å². The van der Waals surface area contributed by atoms with E-state index in [0.29, 0.717) is 12.2 Å². The lowest BCUT2D eigenvalue weighted by molar-refractivity contribution is 0.183. The predicted molar refractivity (Wildman–Crippen MR) is 50.1 cm³/mol. The molecule has 1 aromatic heterocycles. The van der Waals surface area contributed by atoms with E-state index in [1.54, 1.807) is 26.4 Å². The minimum absolute atomic E-state index is 0.0138. The minimum Gasteiger partial charge on any atom is -0.380 e. The van der Waals surface area contributed by atoms with Crippen molar-refractivity contribution in [3.05, 3.63) is 32.7 Å². The molecule has 0 bridgehead atoms. The van der Waals surface area contributed by atoms with Crippen LogP contribution in [0.25, 0.3) is 0 Å². The molecule has 12 heavy (non-hydrogen) atoms. The maximum Gasteiger partial charge on any atom is 0.255 e. The zero-order valence-corrected chi connectivity index (χ0v) is 8.59. The third kappa shape index (κ3) is 1.95. The highest BCUT2D eigenvalue weighted by atomic mass is 79.9. The molecule has 4 heteroatoms. The van der Waals surface area contributed by atoms with Crippen molar-refractivity contribution >= 4 is 15.9 Å². The van der Waals surface area contributed by atoms with Crippen molar-refractivity contribution in [2.75, 3.05) is 7.11 Å². The molecule has 0 saturated carbocycles. The van der Waals surface area contributed by atoms with Gasteiger partial charge in [0.2, 0.25) is 0 Å². The summed E-state index contributed by atoms with van der Waals surface area (Å²) in [5.74, 6) is 0. The van der Waals surface area contributed by atoms with Crippen molar-refractivity contribution in [3.63, 3.8) is 0 Å². The maximum atomic E-state index is 11.4. The van der Waals surface area contributed by atoms with Crippen LogP contribution in [0.15, 0.2) is 21.5 Å². The summed E-state index contributed by atoms with van der Waals surface area (Å²) in [6.45, 7) is 0.353. The Morgan fingerprint density at radius 3 is 2.92 bits per heavy atom. The van der Waals surface area contributed by atoms with Gasteiger partial charge in [-0.25, -0.2) is 0 Å². The van der Waals surface area contributed by atoms with Crippen LogP contribution in [0.1, 0.15) is 5.56 Å². The van der Waals surface area contributed by atoms with Gasteiger partial charge < -0.3 is 9.30 Å². The molecular weight excluding hydrogens is 222 g/mol. The van der Waals surface area contributed by atoms with Crippen LogP contribution in [-0.2, 0) is 18.4 Å². The summed E-state index contributed by atoms with van der Waals surface area (Å²) in [4.78, 5) is 11.4. The molecule has 0 atom stereocenters. The Kier molecular flexibility index (Phi) is 3.05. The van der Waals surface area contributed by atoms with E-state index in [9.17, 15) is 4.79 Å². The third-order valence-corrected chi connectivity index (χ3v) is 1.96. The first-order chi connectivity index (χ1) is 5.65. The smallest absolute Gasteiger partial charge is 0.255 e. The Balaban J connectivity index is 3.19. The fraction of sp³-hybridized carbons (Fsp3) is 0.375. The van der Waals surface area contributed by atoms with Crippen LogP contribution in [0.5, 0.6) is 0 Å². The molecule has 3 nitrogen and oxygen atoms in total. The number of hydrogen-bond donors (Lipinski definition) is 0. The average Bonchev–Trinajstić information content (AvgIpc) is 2.00. The summed E-state index contributed by atoms with van der Waals surface area (Å²) in [5.41, 5.74) is 0.648. The second-order valence-corrected chi connectivity index (χ2v) is 3.45. The number of halogens is 1. The van der Waals surface area contributed by atoms with Crippen molar-refractivity contribution in [2.24, 2.45) is 7.05 Å². The molecule has 1 rings (SSSR count). The molecule has 66 valence electrons. The SMILES string of the molecule is COCc1cc(Br)cn(C)c1=O. The number of ether oxygens (including phenoxy) is 1. The largest absolute Gasteiger partial charge is 0.380 e. The number of hydrogen-bond acceptors (Lipinski definition) is 2. The van der Waals surface area contributed by atoms with Crippen molar-refractivity contribution in [1.29, 1.82) is 0 Å². The summed E-state index contributed by atoms with van der Waals surface area (Å²) >= 11 is 3.30. The van der Waals surface area contributed by atoms with Gasteiger partial charge in [0.25, 0.3) is 5.56 Å². The van der Waals surface area contributed by atoms with Gasteiger partial charge in [-0.2, -0.15) is 0 Å². The Bertz CT molecular complexity index is 332. The molecule has 0 radical (unpaired) electrons. The highest BCUT2D eigenvalue weighted by Crippen LogP contribution is 2.08. The van der Waals surface area contributed by atoms with Gasteiger partial charge in [0.15, 0.2) is 0 Å². The van der Waals surface area contributed by atoms with E-state index in [2.05, 4.69) is 15.9 Å². The highest BCUT2D eigenvalue weighted by Gasteiger charge is 2.01. The second kappa shape index (κ2) is 3.87. The molecule has 0 unspecified atom stereocenters. The van der Waals surface area contributed by atoms with E-state index in [0.717, 1.165) is 4.47 Å². The Hall–Kier alpha value is -0.610. The first-order valence-electron chi connectivity index (χ1n) is 3.49. The second-order valence-electron chi connectivity index (χ2n) is 2.53. The van der Waals surface area contributed by atoms with Crippen molar-refractivity contribution < 1.29 is 4.74 Å². The number of aromatic nitrogens is 1. The van der Waals surface area contributed by atoms with Gasteiger partial charge in [-0.3, -0.25) is 4.79 Å². The van der Waals surface area contributed by atoms with Crippen LogP contribution in [-0.4, -0.2) is 11.7 Å². The molecule has 0 amide bonds. The molecule has 0 aliphatic carbocycles. The number of nitrogens with zero attached hydrogens (tertiary/aromatic N) is 1. The topological polar surface area (TPSA) is 31.2 Å². The Morgan fingerprint density at radius 2 is 2.33 bits per heavy atom. The lowest BCUT2D eigenvalue weighted by Crippen LogP contribution is -2.20. The fourth-order valence-electron chi connectivity index (χ4n) is 0.994. The molecule has 0 aliphatic heterocycles. The molecule has 0 fully saturated rings. The molecular formula is C8H10BrNO2. The highest BCUT2D eigenvalue weighted by molar-refractivity contribution is 9.10. The quantitative estimate of drug-likeness (QED) is 0.769. The maximum absolute atomic E-state index is 11.4. The van der Waals surface area contributed by atoms with E-state index < -0.39 is 0 Å². The normalized spacial score (nSPS) is 10.2. The van der Waals surface area contributed by atoms with E-state index in [1.165, 1.54) is 4.57 Å². The number of methoxy groups -OCH3 is 1. The molecule has 1 heterocycles. The lowest BCUT2D eigenvalue weighted by atomic mass is 10.3. The summed E-state index contributed by atoms with van der Waals surface area (Å²) < 4.78 is 7.30. The van der Waals surface area contributed by atoms with Gasteiger partial charge in [-0.05, 0) is 22.0 Å². The Morgan fingerprint density at radius 1 is 1.67 bits per heavy atom. The molecule has 0 spiro atoms. The van der Waals surface area contributed by atoms with Crippen molar-refractivity contribution in [3.8, 4) is 0 Å². The van der Waals surface area contributed by atoms with E-state index in [-0.39, 0.29) is 5.56 Å². The van der Waals surface area contributed by atoms with Gasteiger partial charge in [-0.15, -0.1) is 0 Å². The molecule has 1 aromatic rings. The van der Waals surface area contributed by atoms with E-state index in [4.69, 9.17) is 4.74 Å². The van der Waals surface area contributed by atoms with Gasteiger partial charge in [0, 0.05) is 30.4 Å². The minimum atomic E-state index is -0.0138. The van der Waals surface area contributed by atoms with Crippen LogP contribution in [0.2, 0.25) is 0 Å². The summed E-state index contributed by atoms with van der Waals surface area (Å²) in [5, 5.41) is 0. The van der Waals surface area contributed by atoms with Crippen LogP contribution in [0.4, 0.5) is 0 Å². The first kappa shape index (κ1) is 9.48. The van der Waals surface area contributed by atoms with Gasteiger partial charge >= 0.3 is 0 Å². The van der Waals surface area contributed by atoms with E-state index in [1.807, 2.05) is 0 Å². The monoisotopic (exact) mass is 231 g/mol. The molecule has 0 aromatic carbocycles. The predicted octanol–water partition coefficient (Wildman–Crippen LogP) is 1.29. The van der Waals surface area contributed by atoms with Crippen molar-refractivity contribution in [1.82, 2.24) is 4.57 Å². The summed E-state index contributed by atoms with van der Waals surface area (Å²) in [6.07, 6.45) is 1.72.